The van der Waals surface area contributed by atoms with Crippen LogP contribution in [0.5, 0.6) is 5.75 Å². The smallest absolute Gasteiger partial charge is 0.262 e. The van der Waals surface area contributed by atoms with E-state index in [1.54, 1.807) is 18.2 Å². The van der Waals surface area contributed by atoms with Crippen LogP contribution in [-0.2, 0) is 9.59 Å². The first-order valence-electron chi connectivity index (χ1n) is 8.09. The van der Waals surface area contributed by atoms with E-state index in [4.69, 9.17) is 10.5 Å². The van der Waals surface area contributed by atoms with E-state index < -0.39 is 11.8 Å². The Morgan fingerprint density at radius 3 is 2.59 bits per heavy atom. The molecule has 0 aliphatic rings. The number of hydrogen-bond acceptors (Lipinski definition) is 4. The number of carbonyl (C=O) groups is 2. The van der Waals surface area contributed by atoms with Crippen molar-refractivity contribution in [1.82, 2.24) is 5.32 Å². The van der Waals surface area contributed by atoms with Gasteiger partial charge in [0.25, 0.3) is 11.8 Å². The zero-order valence-electron chi connectivity index (χ0n) is 14.6. The van der Waals surface area contributed by atoms with Crippen LogP contribution in [-0.4, -0.2) is 18.4 Å². The Labute approximate surface area is 165 Å². The Hall–Kier alpha value is -3.11. The summed E-state index contributed by atoms with van der Waals surface area (Å²) in [5.41, 5.74) is 6.61. The van der Waals surface area contributed by atoms with E-state index >= 15 is 0 Å². The van der Waals surface area contributed by atoms with Crippen molar-refractivity contribution < 1.29 is 14.3 Å². The third-order valence-electron chi connectivity index (χ3n) is 3.65. The second-order valence-corrected chi connectivity index (χ2v) is 6.57. The van der Waals surface area contributed by atoms with Crippen LogP contribution in [0.15, 0.2) is 58.6 Å². The minimum absolute atomic E-state index is 0.0181. The number of hydrogen-bond donors (Lipinski definition) is 2. The standard InChI is InChI=1S/C20H18BrN3O3/c1-13(15-5-3-2-4-6-15)24-20(26)16(11-22)9-14-7-8-18(17(21)10-14)27-12-19(23)25/h2-10,13H,12H2,1H3,(H2,23,25)(H,24,26)/b16-9+/t13-/m0/s1. The van der Waals surface area contributed by atoms with E-state index in [1.807, 2.05) is 43.3 Å². The molecule has 0 spiro atoms. The number of primary amides is 1. The summed E-state index contributed by atoms with van der Waals surface area (Å²) >= 11 is 3.33. The van der Waals surface area contributed by atoms with Gasteiger partial charge in [-0.05, 0) is 52.2 Å². The third kappa shape index (κ3) is 5.97. The predicted octanol–water partition coefficient (Wildman–Crippen LogP) is 3.10. The van der Waals surface area contributed by atoms with E-state index in [0.29, 0.717) is 15.8 Å². The van der Waals surface area contributed by atoms with Gasteiger partial charge < -0.3 is 15.8 Å². The van der Waals surface area contributed by atoms with Crippen molar-refractivity contribution in [2.45, 2.75) is 13.0 Å². The number of benzene rings is 2. The molecule has 0 saturated heterocycles. The first-order chi connectivity index (χ1) is 12.9. The molecule has 2 aromatic carbocycles. The number of carbonyl (C=O) groups excluding carboxylic acids is 2. The van der Waals surface area contributed by atoms with Crippen molar-refractivity contribution in [3.8, 4) is 11.8 Å². The van der Waals surface area contributed by atoms with Gasteiger partial charge >= 0.3 is 0 Å². The van der Waals surface area contributed by atoms with Gasteiger partial charge in [0.05, 0.1) is 10.5 Å². The molecule has 7 heteroatoms. The van der Waals surface area contributed by atoms with E-state index in [0.717, 1.165) is 5.56 Å². The highest BCUT2D eigenvalue weighted by molar-refractivity contribution is 9.10. The fraction of sp³-hybridized carbons (Fsp3) is 0.150. The number of nitrogens with zero attached hydrogens (tertiary/aromatic N) is 1. The lowest BCUT2D eigenvalue weighted by Gasteiger charge is -2.13. The van der Waals surface area contributed by atoms with Gasteiger partial charge in [0.15, 0.2) is 6.61 Å². The quantitative estimate of drug-likeness (QED) is 0.522. The van der Waals surface area contributed by atoms with E-state index in [1.165, 1.54) is 6.08 Å². The molecule has 0 radical (unpaired) electrons. The van der Waals surface area contributed by atoms with Gasteiger partial charge in [0, 0.05) is 0 Å². The van der Waals surface area contributed by atoms with Gasteiger partial charge in [0.1, 0.15) is 17.4 Å². The lowest BCUT2D eigenvalue weighted by Crippen LogP contribution is -2.27. The van der Waals surface area contributed by atoms with Crippen LogP contribution in [0.2, 0.25) is 0 Å². The Bertz CT molecular complexity index is 904. The first kappa shape index (κ1) is 20.2. The summed E-state index contributed by atoms with van der Waals surface area (Å²) in [7, 11) is 0. The van der Waals surface area contributed by atoms with Crippen molar-refractivity contribution in [2.75, 3.05) is 6.61 Å². The fourth-order valence-electron chi connectivity index (χ4n) is 2.29. The molecule has 2 aromatic rings. The number of amides is 2. The van der Waals surface area contributed by atoms with Crippen LogP contribution in [0.1, 0.15) is 24.1 Å². The predicted molar refractivity (Wildman–Crippen MR) is 105 cm³/mol. The zero-order chi connectivity index (χ0) is 19.8. The summed E-state index contributed by atoms with van der Waals surface area (Å²) in [5.74, 6) is -0.604. The maximum Gasteiger partial charge on any atom is 0.262 e. The average Bonchev–Trinajstić information content (AvgIpc) is 2.65. The number of halogens is 1. The molecule has 0 saturated carbocycles. The van der Waals surface area contributed by atoms with Crippen molar-refractivity contribution in [3.63, 3.8) is 0 Å². The molecule has 0 bridgehead atoms. The second kappa shape index (κ2) is 9.55. The lowest BCUT2D eigenvalue weighted by atomic mass is 10.1. The number of nitrogens with two attached hydrogens (primary N) is 1. The monoisotopic (exact) mass is 427 g/mol. The maximum absolute atomic E-state index is 12.4. The molecular formula is C20H18BrN3O3. The maximum atomic E-state index is 12.4. The van der Waals surface area contributed by atoms with Crippen molar-refractivity contribution in [2.24, 2.45) is 5.73 Å². The molecule has 6 nitrogen and oxygen atoms in total. The number of nitriles is 1. The third-order valence-corrected chi connectivity index (χ3v) is 4.27. The van der Waals surface area contributed by atoms with Crippen LogP contribution >= 0.6 is 15.9 Å². The second-order valence-electron chi connectivity index (χ2n) is 5.72. The van der Waals surface area contributed by atoms with Crippen LogP contribution in [0, 0.1) is 11.3 Å². The van der Waals surface area contributed by atoms with Crippen LogP contribution in [0.25, 0.3) is 6.08 Å². The number of rotatable bonds is 7. The molecule has 0 heterocycles. The molecule has 0 fully saturated rings. The average molecular weight is 428 g/mol. The Morgan fingerprint density at radius 2 is 2.00 bits per heavy atom. The van der Waals surface area contributed by atoms with Gasteiger partial charge in [-0.1, -0.05) is 36.4 Å². The molecule has 0 unspecified atom stereocenters. The highest BCUT2D eigenvalue weighted by Crippen LogP contribution is 2.27. The molecule has 27 heavy (non-hydrogen) atoms. The largest absolute Gasteiger partial charge is 0.483 e. The van der Waals surface area contributed by atoms with Crippen molar-refractivity contribution >= 4 is 33.8 Å². The van der Waals surface area contributed by atoms with E-state index in [-0.39, 0.29) is 18.2 Å². The zero-order valence-corrected chi connectivity index (χ0v) is 16.2. The van der Waals surface area contributed by atoms with Crippen LogP contribution in [0.4, 0.5) is 0 Å². The molecule has 1 atom stereocenters. The van der Waals surface area contributed by atoms with Crippen LogP contribution in [0.3, 0.4) is 0 Å². The highest BCUT2D eigenvalue weighted by atomic mass is 79.9. The van der Waals surface area contributed by atoms with Gasteiger partial charge in [-0.2, -0.15) is 5.26 Å². The SMILES string of the molecule is C[C@H](NC(=O)/C(C#N)=C/c1ccc(OCC(N)=O)c(Br)c1)c1ccccc1. The summed E-state index contributed by atoms with van der Waals surface area (Å²) in [6.45, 7) is 1.61. The van der Waals surface area contributed by atoms with Gasteiger partial charge in [-0.15, -0.1) is 0 Å². The van der Waals surface area contributed by atoms with Gasteiger partial charge in [0.2, 0.25) is 0 Å². The summed E-state index contributed by atoms with van der Waals surface area (Å²) in [6.07, 6.45) is 1.48. The molecule has 0 aliphatic heterocycles. The summed E-state index contributed by atoms with van der Waals surface area (Å²) in [6, 6.07) is 16.2. The van der Waals surface area contributed by atoms with Gasteiger partial charge in [-0.25, -0.2) is 0 Å². The molecule has 138 valence electrons. The Balaban J connectivity index is 2.13. The van der Waals surface area contributed by atoms with Crippen LogP contribution < -0.4 is 15.8 Å². The highest BCUT2D eigenvalue weighted by Gasteiger charge is 2.14. The Morgan fingerprint density at radius 1 is 1.30 bits per heavy atom. The summed E-state index contributed by atoms with van der Waals surface area (Å²) in [5, 5.41) is 12.2. The minimum Gasteiger partial charge on any atom is -0.483 e. The van der Waals surface area contributed by atoms with E-state index in [9.17, 15) is 14.9 Å². The normalized spacial score (nSPS) is 12.0. The number of ether oxygens (including phenoxy) is 1. The fourth-order valence-corrected chi connectivity index (χ4v) is 2.80. The Kier molecular flexibility index (Phi) is 7.15. The molecule has 2 rings (SSSR count). The molecule has 0 aromatic heterocycles. The summed E-state index contributed by atoms with van der Waals surface area (Å²) < 4.78 is 5.82. The molecular weight excluding hydrogens is 410 g/mol. The topological polar surface area (TPSA) is 105 Å². The molecule has 0 aliphatic carbocycles. The summed E-state index contributed by atoms with van der Waals surface area (Å²) in [4.78, 5) is 23.2. The van der Waals surface area contributed by atoms with Crippen molar-refractivity contribution in [3.05, 3.63) is 69.7 Å². The van der Waals surface area contributed by atoms with E-state index in [2.05, 4.69) is 21.2 Å². The minimum atomic E-state index is -0.582. The van der Waals surface area contributed by atoms with Crippen molar-refractivity contribution in [1.29, 1.82) is 5.26 Å². The molecule has 2 amide bonds. The lowest BCUT2D eigenvalue weighted by molar-refractivity contribution is -0.120. The number of nitrogens with one attached hydrogen (secondary N) is 1. The first-order valence-corrected chi connectivity index (χ1v) is 8.88. The van der Waals surface area contributed by atoms with Gasteiger partial charge in [-0.3, -0.25) is 9.59 Å². The molecule has 3 N–H and O–H groups in total.